The summed E-state index contributed by atoms with van der Waals surface area (Å²) in [5, 5.41) is 14.3. The molecular weight excluding hydrogens is 431 g/mol. The van der Waals surface area contributed by atoms with Gasteiger partial charge in [0.25, 0.3) is 5.91 Å². The Balaban J connectivity index is 3.16. The van der Waals surface area contributed by atoms with Crippen molar-refractivity contribution in [3.05, 3.63) is 35.9 Å². The minimum atomic E-state index is -1.63. The Kier molecular flexibility index (Phi) is 12.1. The van der Waals surface area contributed by atoms with E-state index in [1.54, 1.807) is 37.3 Å². The fourth-order valence-corrected chi connectivity index (χ4v) is 3.42. The average Bonchev–Trinajstić information content (AvgIpc) is 2.78. The van der Waals surface area contributed by atoms with E-state index in [1.807, 2.05) is 6.92 Å². The van der Waals surface area contributed by atoms with Crippen LogP contribution in [0.1, 0.15) is 51.5 Å². The number of hydrogen-bond donors (Lipinski definition) is 4. The number of halogens is 1. The van der Waals surface area contributed by atoms with Crippen LogP contribution in [0.3, 0.4) is 0 Å². The van der Waals surface area contributed by atoms with Gasteiger partial charge in [-0.05, 0) is 18.4 Å². The molecule has 0 saturated carbocycles. The number of rotatable bonds is 14. The fourth-order valence-electron chi connectivity index (χ4n) is 3.42. The summed E-state index contributed by atoms with van der Waals surface area (Å²) < 4.78 is 13.7. The highest BCUT2D eigenvalue weighted by Gasteiger charge is 2.38. The van der Waals surface area contributed by atoms with Crippen LogP contribution in [-0.2, 0) is 25.6 Å². The molecule has 1 aromatic carbocycles. The van der Waals surface area contributed by atoms with Crippen molar-refractivity contribution < 1.29 is 28.8 Å². The van der Waals surface area contributed by atoms with Crippen molar-refractivity contribution in [2.75, 3.05) is 7.05 Å². The zero-order valence-electron chi connectivity index (χ0n) is 19.4. The van der Waals surface area contributed by atoms with Crippen molar-refractivity contribution in [1.29, 1.82) is 0 Å². The van der Waals surface area contributed by atoms with Crippen LogP contribution in [0.15, 0.2) is 30.3 Å². The molecule has 10 heteroatoms. The number of carboxylic acids is 1. The first-order valence-corrected chi connectivity index (χ1v) is 11.2. The summed E-state index contributed by atoms with van der Waals surface area (Å²) in [5.74, 6) is -5.17. The maximum absolute atomic E-state index is 13.7. The van der Waals surface area contributed by atoms with E-state index >= 15 is 0 Å². The van der Waals surface area contributed by atoms with Gasteiger partial charge in [0.2, 0.25) is 11.8 Å². The summed E-state index contributed by atoms with van der Waals surface area (Å²) in [6, 6.07) is 5.27. The molecule has 0 aromatic heterocycles. The molecule has 0 spiro atoms. The van der Waals surface area contributed by atoms with Gasteiger partial charge < -0.3 is 21.5 Å². The van der Waals surface area contributed by atoms with Crippen LogP contribution >= 0.6 is 0 Å². The molecule has 1 rings (SSSR count). The number of benzene rings is 1. The molecule has 0 heterocycles. The monoisotopic (exact) mass is 466 g/mol. The Labute approximate surface area is 193 Å². The van der Waals surface area contributed by atoms with Crippen molar-refractivity contribution in [3.63, 3.8) is 0 Å². The van der Waals surface area contributed by atoms with Gasteiger partial charge in [-0.2, -0.15) is 5.12 Å². The van der Waals surface area contributed by atoms with E-state index in [0.29, 0.717) is 12.8 Å². The van der Waals surface area contributed by atoms with Crippen LogP contribution in [0, 0.1) is 5.92 Å². The number of amides is 3. The number of hydrogen-bond acceptors (Lipinski definition) is 5. The zero-order valence-corrected chi connectivity index (χ0v) is 19.4. The van der Waals surface area contributed by atoms with Crippen LogP contribution in [0.5, 0.6) is 0 Å². The standard InChI is InChI=1S/C23H35FN4O5/c1-4-6-13-17(25)20(29)26-18(14-15-11-8-7-9-12-15)21(30)27-19(22(31)28(3)24)16(10-5-2)23(32)33/h7-9,11-12,16-19H,4-6,10,13-14,25H2,1-3H3,(H,26,29)(H,27,30)(H,32,33)/t16?,17-,18-,19-/m0/s1. The van der Waals surface area contributed by atoms with Gasteiger partial charge in [-0.1, -0.05) is 67.9 Å². The SMILES string of the molecule is CCCC[C@H](N)C(=O)N[C@@H](Cc1ccccc1)C(=O)N[C@H](C(=O)N(C)F)C(CCC)C(=O)O. The lowest BCUT2D eigenvalue weighted by Gasteiger charge is -2.28. The second-order valence-electron chi connectivity index (χ2n) is 8.03. The first-order chi connectivity index (χ1) is 15.6. The van der Waals surface area contributed by atoms with E-state index in [1.165, 1.54) is 0 Å². The van der Waals surface area contributed by atoms with Gasteiger partial charge in [-0.25, -0.2) is 0 Å². The quantitative estimate of drug-likeness (QED) is 0.307. The van der Waals surface area contributed by atoms with Crippen LogP contribution < -0.4 is 16.4 Å². The van der Waals surface area contributed by atoms with Crippen molar-refractivity contribution in [2.45, 2.75) is 70.5 Å². The second-order valence-corrected chi connectivity index (χ2v) is 8.03. The number of aliphatic carboxylic acids is 1. The third-order valence-electron chi connectivity index (χ3n) is 5.31. The second kappa shape index (κ2) is 14.2. The molecule has 0 aliphatic heterocycles. The summed E-state index contributed by atoms with van der Waals surface area (Å²) in [6.07, 6.45) is 2.56. The lowest BCUT2D eigenvalue weighted by molar-refractivity contribution is -0.155. The predicted octanol–water partition coefficient (Wildman–Crippen LogP) is 1.56. The average molecular weight is 467 g/mol. The summed E-state index contributed by atoms with van der Waals surface area (Å²) in [4.78, 5) is 49.8. The topological polar surface area (TPSA) is 142 Å². The van der Waals surface area contributed by atoms with Crippen LogP contribution in [-0.4, -0.2) is 59.1 Å². The summed E-state index contributed by atoms with van der Waals surface area (Å²) in [7, 11) is 0.836. The number of nitrogens with zero attached hydrogens (tertiary/aromatic N) is 1. The normalized spacial score (nSPS) is 14.5. The highest BCUT2D eigenvalue weighted by Crippen LogP contribution is 2.16. The fraction of sp³-hybridized carbons (Fsp3) is 0.565. The maximum Gasteiger partial charge on any atom is 0.309 e. The summed E-state index contributed by atoms with van der Waals surface area (Å²) >= 11 is 0. The van der Waals surface area contributed by atoms with Gasteiger partial charge in [0, 0.05) is 13.5 Å². The Morgan fingerprint density at radius 1 is 1.03 bits per heavy atom. The van der Waals surface area contributed by atoms with E-state index in [2.05, 4.69) is 10.6 Å². The van der Waals surface area contributed by atoms with Crippen LogP contribution in [0.2, 0.25) is 0 Å². The largest absolute Gasteiger partial charge is 0.481 e. The van der Waals surface area contributed by atoms with E-state index in [0.717, 1.165) is 25.5 Å². The molecule has 0 radical (unpaired) electrons. The van der Waals surface area contributed by atoms with Crippen LogP contribution in [0.4, 0.5) is 4.48 Å². The van der Waals surface area contributed by atoms with Gasteiger partial charge in [-0.15, -0.1) is 0 Å². The van der Waals surface area contributed by atoms with Crippen molar-refractivity contribution in [2.24, 2.45) is 11.7 Å². The molecule has 1 aromatic rings. The number of nitrogens with one attached hydrogen (secondary N) is 2. The molecule has 9 nitrogen and oxygen atoms in total. The molecule has 0 aliphatic rings. The Morgan fingerprint density at radius 2 is 1.67 bits per heavy atom. The van der Waals surface area contributed by atoms with E-state index in [-0.39, 0.29) is 18.0 Å². The predicted molar refractivity (Wildman–Crippen MR) is 121 cm³/mol. The summed E-state index contributed by atoms with van der Waals surface area (Å²) in [5.41, 5.74) is 6.66. The molecule has 184 valence electrons. The van der Waals surface area contributed by atoms with Gasteiger partial charge in [0.1, 0.15) is 12.1 Å². The van der Waals surface area contributed by atoms with E-state index < -0.39 is 47.7 Å². The number of carbonyl (C=O) groups is 4. The molecule has 0 fully saturated rings. The number of carbonyl (C=O) groups excluding carboxylic acids is 3. The van der Waals surface area contributed by atoms with Crippen molar-refractivity contribution in [1.82, 2.24) is 15.8 Å². The highest BCUT2D eigenvalue weighted by molar-refractivity contribution is 5.94. The number of carboxylic acid groups (broad SMARTS) is 1. The third-order valence-corrected chi connectivity index (χ3v) is 5.31. The smallest absolute Gasteiger partial charge is 0.309 e. The maximum atomic E-state index is 13.7. The van der Waals surface area contributed by atoms with Gasteiger partial charge in [0.05, 0.1) is 12.0 Å². The first kappa shape index (κ1) is 28.0. The van der Waals surface area contributed by atoms with E-state index in [4.69, 9.17) is 5.73 Å². The third kappa shape index (κ3) is 9.17. The molecule has 4 atom stereocenters. The molecule has 3 amide bonds. The number of unbranched alkanes of at least 4 members (excludes halogenated alkanes) is 1. The minimum absolute atomic E-state index is 0.0530. The van der Waals surface area contributed by atoms with Gasteiger partial charge in [0.15, 0.2) is 0 Å². The highest BCUT2D eigenvalue weighted by atomic mass is 19.2. The lowest BCUT2D eigenvalue weighted by atomic mass is 9.93. The van der Waals surface area contributed by atoms with Gasteiger partial charge >= 0.3 is 5.97 Å². The molecular formula is C23H35FN4O5. The Morgan fingerprint density at radius 3 is 2.18 bits per heavy atom. The Hall–Kier alpha value is -3.01. The van der Waals surface area contributed by atoms with Crippen molar-refractivity contribution in [3.8, 4) is 0 Å². The van der Waals surface area contributed by atoms with Crippen LogP contribution in [0.25, 0.3) is 0 Å². The number of likely N-dealkylation sites (N-methyl/N-ethyl adjacent to an activating group) is 1. The first-order valence-electron chi connectivity index (χ1n) is 11.2. The molecule has 1 unspecified atom stereocenters. The molecule has 0 aliphatic carbocycles. The molecule has 0 bridgehead atoms. The minimum Gasteiger partial charge on any atom is -0.481 e. The zero-order chi connectivity index (χ0) is 25.0. The molecule has 5 N–H and O–H groups in total. The number of nitrogens with two attached hydrogens (primary N) is 1. The van der Waals surface area contributed by atoms with Gasteiger partial charge in [-0.3, -0.25) is 19.2 Å². The van der Waals surface area contributed by atoms with Crippen molar-refractivity contribution >= 4 is 23.7 Å². The molecule has 33 heavy (non-hydrogen) atoms. The lowest BCUT2D eigenvalue weighted by Crippen LogP contribution is -2.58. The summed E-state index contributed by atoms with van der Waals surface area (Å²) in [6.45, 7) is 3.68. The Bertz CT molecular complexity index is 790. The van der Waals surface area contributed by atoms with E-state index in [9.17, 15) is 28.8 Å². The molecule has 0 saturated heterocycles.